The standard InChI is InChI=1S/C28H22N4OS/c1-2-15-33-24-12-8-9-20(17-24)27-22(19-32(31-27)23-10-4-3-5-11-23)16-21(18-29)28-30-25-13-6-7-14-26(25)34-28/h3-14,16-17,19H,2,15H2,1H3. The van der Waals surface area contributed by atoms with Crippen molar-refractivity contribution in [2.45, 2.75) is 13.3 Å². The van der Waals surface area contributed by atoms with Crippen LogP contribution in [0.2, 0.25) is 0 Å². The summed E-state index contributed by atoms with van der Waals surface area (Å²) < 4.78 is 8.74. The molecule has 0 bridgehead atoms. The number of nitrogens with zero attached hydrogens (tertiary/aromatic N) is 4. The summed E-state index contributed by atoms with van der Waals surface area (Å²) in [5.74, 6) is 0.801. The molecular formula is C28H22N4OS. The van der Waals surface area contributed by atoms with Crippen LogP contribution in [0.15, 0.2) is 85.1 Å². The van der Waals surface area contributed by atoms with Gasteiger partial charge < -0.3 is 4.74 Å². The minimum Gasteiger partial charge on any atom is -0.494 e. The summed E-state index contributed by atoms with van der Waals surface area (Å²) in [6.45, 7) is 2.74. The number of nitriles is 1. The van der Waals surface area contributed by atoms with Crippen molar-refractivity contribution in [3.05, 3.63) is 95.6 Å². The number of ether oxygens (including phenoxy) is 1. The minimum atomic E-state index is 0.508. The number of thiazole rings is 1. The molecule has 0 spiro atoms. The molecule has 6 heteroatoms. The Hall–Kier alpha value is -4.21. The first-order valence-corrected chi connectivity index (χ1v) is 11.9. The fourth-order valence-corrected chi connectivity index (χ4v) is 4.60. The van der Waals surface area contributed by atoms with Crippen LogP contribution in [0.4, 0.5) is 0 Å². The van der Waals surface area contributed by atoms with Crippen LogP contribution in [-0.4, -0.2) is 21.4 Å². The lowest BCUT2D eigenvalue weighted by molar-refractivity contribution is 0.317. The zero-order valence-electron chi connectivity index (χ0n) is 18.7. The third-order valence-corrected chi connectivity index (χ3v) is 6.36. The highest BCUT2D eigenvalue weighted by molar-refractivity contribution is 7.19. The molecule has 0 radical (unpaired) electrons. The Labute approximate surface area is 202 Å². The lowest BCUT2D eigenvalue weighted by Gasteiger charge is -2.06. The lowest BCUT2D eigenvalue weighted by Crippen LogP contribution is -1.96. The van der Waals surface area contributed by atoms with Gasteiger partial charge in [0.15, 0.2) is 0 Å². The van der Waals surface area contributed by atoms with E-state index in [2.05, 4.69) is 18.0 Å². The Morgan fingerprint density at radius 1 is 1.06 bits per heavy atom. The van der Waals surface area contributed by atoms with Crippen molar-refractivity contribution in [1.82, 2.24) is 14.8 Å². The van der Waals surface area contributed by atoms with Gasteiger partial charge in [-0.3, -0.25) is 0 Å². The van der Waals surface area contributed by atoms with Crippen LogP contribution in [0.25, 0.3) is 38.8 Å². The second-order valence-corrected chi connectivity index (χ2v) is 8.78. The number of rotatable bonds is 7. The van der Waals surface area contributed by atoms with Gasteiger partial charge in [0.05, 0.1) is 28.1 Å². The number of allylic oxidation sites excluding steroid dienone is 1. The van der Waals surface area contributed by atoms with E-state index in [1.54, 1.807) is 0 Å². The highest BCUT2D eigenvalue weighted by Gasteiger charge is 2.15. The zero-order chi connectivity index (χ0) is 23.3. The molecule has 0 saturated carbocycles. The molecule has 0 aliphatic heterocycles. The van der Waals surface area contributed by atoms with E-state index in [4.69, 9.17) is 9.84 Å². The van der Waals surface area contributed by atoms with Crippen molar-refractivity contribution in [2.75, 3.05) is 6.61 Å². The molecule has 5 nitrogen and oxygen atoms in total. The molecule has 0 amide bonds. The van der Waals surface area contributed by atoms with Crippen molar-refractivity contribution in [3.8, 4) is 28.8 Å². The van der Waals surface area contributed by atoms with E-state index in [1.165, 1.54) is 11.3 Å². The molecule has 3 aromatic carbocycles. The molecule has 0 unspecified atom stereocenters. The normalized spacial score (nSPS) is 11.5. The van der Waals surface area contributed by atoms with E-state index in [0.717, 1.165) is 44.9 Å². The van der Waals surface area contributed by atoms with Gasteiger partial charge in [0.2, 0.25) is 0 Å². The monoisotopic (exact) mass is 462 g/mol. The Morgan fingerprint density at radius 3 is 2.68 bits per heavy atom. The number of benzene rings is 3. The SMILES string of the molecule is CCCOc1cccc(-c2nn(-c3ccccc3)cc2C=C(C#N)c2nc3ccccc3s2)c1. The third kappa shape index (κ3) is 4.47. The summed E-state index contributed by atoms with van der Waals surface area (Å²) in [7, 11) is 0. The fraction of sp³-hybridized carbons (Fsp3) is 0.107. The van der Waals surface area contributed by atoms with Gasteiger partial charge >= 0.3 is 0 Å². The van der Waals surface area contributed by atoms with Crippen molar-refractivity contribution in [1.29, 1.82) is 5.26 Å². The van der Waals surface area contributed by atoms with Crippen LogP contribution in [0.1, 0.15) is 23.9 Å². The van der Waals surface area contributed by atoms with E-state index >= 15 is 0 Å². The summed E-state index contributed by atoms with van der Waals surface area (Å²) in [5, 5.41) is 15.6. The van der Waals surface area contributed by atoms with Crippen LogP contribution in [0.3, 0.4) is 0 Å². The van der Waals surface area contributed by atoms with Crippen LogP contribution < -0.4 is 4.74 Å². The second kappa shape index (κ2) is 9.74. The molecule has 166 valence electrons. The Kier molecular flexibility index (Phi) is 6.19. The molecule has 5 aromatic rings. The average molecular weight is 463 g/mol. The van der Waals surface area contributed by atoms with Crippen LogP contribution in [-0.2, 0) is 0 Å². The number of hydrogen-bond acceptors (Lipinski definition) is 5. The minimum absolute atomic E-state index is 0.508. The molecule has 0 aliphatic rings. The summed E-state index contributed by atoms with van der Waals surface area (Å²) in [6, 6.07) is 28.1. The molecule has 0 N–H and O–H groups in total. The molecule has 0 fully saturated rings. The molecule has 34 heavy (non-hydrogen) atoms. The molecule has 0 aliphatic carbocycles. The summed E-state index contributed by atoms with van der Waals surface area (Å²) in [6.07, 6.45) is 4.77. The summed E-state index contributed by atoms with van der Waals surface area (Å²) >= 11 is 1.52. The van der Waals surface area contributed by atoms with Gasteiger partial charge in [-0.2, -0.15) is 10.4 Å². The smallest absolute Gasteiger partial charge is 0.135 e. The maximum atomic E-state index is 9.99. The van der Waals surface area contributed by atoms with Crippen LogP contribution >= 0.6 is 11.3 Å². The van der Waals surface area contributed by atoms with Gasteiger partial charge in [-0.1, -0.05) is 49.4 Å². The lowest BCUT2D eigenvalue weighted by atomic mass is 10.1. The topological polar surface area (TPSA) is 63.7 Å². The van der Waals surface area contributed by atoms with Gasteiger partial charge in [0.1, 0.15) is 22.5 Å². The molecule has 0 saturated heterocycles. The van der Waals surface area contributed by atoms with Crippen molar-refractivity contribution in [3.63, 3.8) is 0 Å². The van der Waals surface area contributed by atoms with Crippen molar-refractivity contribution in [2.24, 2.45) is 0 Å². The highest BCUT2D eigenvalue weighted by Crippen LogP contribution is 2.32. The molecule has 5 rings (SSSR count). The van der Waals surface area contributed by atoms with E-state index < -0.39 is 0 Å². The first-order valence-electron chi connectivity index (χ1n) is 11.1. The fourth-order valence-electron chi connectivity index (χ4n) is 3.67. The van der Waals surface area contributed by atoms with E-state index in [9.17, 15) is 5.26 Å². The largest absolute Gasteiger partial charge is 0.494 e. The number of hydrogen-bond donors (Lipinski definition) is 0. The molecule has 2 aromatic heterocycles. The first-order chi connectivity index (χ1) is 16.7. The Balaban J connectivity index is 1.63. The van der Waals surface area contributed by atoms with Crippen molar-refractivity contribution < 1.29 is 4.74 Å². The Bertz CT molecular complexity index is 1480. The predicted octanol–water partition coefficient (Wildman–Crippen LogP) is 7.00. The van der Waals surface area contributed by atoms with E-state index in [-0.39, 0.29) is 0 Å². The van der Waals surface area contributed by atoms with E-state index in [1.807, 2.05) is 95.8 Å². The van der Waals surface area contributed by atoms with Gasteiger partial charge in [-0.05, 0) is 48.9 Å². The van der Waals surface area contributed by atoms with Gasteiger partial charge in [-0.15, -0.1) is 11.3 Å². The zero-order valence-corrected chi connectivity index (χ0v) is 19.5. The van der Waals surface area contributed by atoms with Gasteiger partial charge in [0, 0.05) is 17.3 Å². The van der Waals surface area contributed by atoms with E-state index in [0.29, 0.717) is 17.2 Å². The number of fused-ring (bicyclic) bond motifs is 1. The third-order valence-electron chi connectivity index (χ3n) is 5.29. The highest BCUT2D eigenvalue weighted by atomic mass is 32.1. The summed E-state index contributed by atoms with van der Waals surface area (Å²) in [5.41, 5.74) is 4.89. The molecule has 0 atom stereocenters. The number of aromatic nitrogens is 3. The second-order valence-electron chi connectivity index (χ2n) is 7.75. The predicted molar refractivity (Wildman–Crippen MR) is 138 cm³/mol. The summed E-state index contributed by atoms with van der Waals surface area (Å²) in [4.78, 5) is 4.68. The van der Waals surface area contributed by atoms with Crippen LogP contribution in [0.5, 0.6) is 5.75 Å². The number of para-hydroxylation sites is 2. The van der Waals surface area contributed by atoms with Gasteiger partial charge in [-0.25, -0.2) is 9.67 Å². The van der Waals surface area contributed by atoms with Crippen molar-refractivity contribution >= 4 is 33.2 Å². The van der Waals surface area contributed by atoms with Gasteiger partial charge in [0.25, 0.3) is 0 Å². The van der Waals surface area contributed by atoms with Crippen LogP contribution in [0, 0.1) is 11.3 Å². The first kappa shape index (κ1) is 21.6. The maximum Gasteiger partial charge on any atom is 0.135 e. The quantitative estimate of drug-likeness (QED) is 0.244. The molecule has 2 heterocycles. The maximum absolute atomic E-state index is 9.99. The average Bonchev–Trinajstić information content (AvgIpc) is 3.51. The Morgan fingerprint density at radius 2 is 1.88 bits per heavy atom. The molecular weight excluding hydrogens is 440 g/mol.